The first-order valence-corrected chi connectivity index (χ1v) is 12.7. The Morgan fingerprint density at radius 2 is 1.89 bits per heavy atom. The molecule has 1 aliphatic heterocycles. The lowest BCUT2D eigenvalue weighted by molar-refractivity contribution is -0.154. The number of halogens is 3. The van der Waals surface area contributed by atoms with Crippen molar-refractivity contribution in [3.63, 3.8) is 0 Å². The lowest BCUT2D eigenvalue weighted by atomic mass is 9.87. The molecule has 2 heterocycles. The molecule has 1 aromatic heterocycles. The number of fused-ring (bicyclic) bond motifs is 1. The molecule has 198 valence electrons. The number of alkyl halides is 2. The summed E-state index contributed by atoms with van der Waals surface area (Å²) in [6, 6.07) is 5.19. The first-order valence-electron chi connectivity index (χ1n) is 12.4. The highest BCUT2D eigenvalue weighted by Crippen LogP contribution is 2.41. The Kier molecular flexibility index (Phi) is 7.03. The van der Waals surface area contributed by atoms with Crippen molar-refractivity contribution in [1.29, 1.82) is 0 Å². The van der Waals surface area contributed by atoms with Gasteiger partial charge in [0.2, 0.25) is 5.92 Å². The van der Waals surface area contributed by atoms with E-state index in [9.17, 15) is 23.5 Å². The summed E-state index contributed by atoms with van der Waals surface area (Å²) in [5.74, 6) is -3.33. The number of aliphatic hydroxyl groups is 1. The highest BCUT2D eigenvalue weighted by atomic mass is 35.5. The maximum Gasteiger partial charge on any atom is 0.410 e. The number of carbonyl (C=O) groups is 2. The van der Waals surface area contributed by atoms with E-state index in [4.69, 9.17) is 16.3 Å². The molecule has 1 N–H and O–H groups in total. The molecule has 7 nitrogen and oxygen atoms in total. The van der Waals surface area contributed by atoms with Gasteiger partial charge in [-0.1, -0.05) is 17.7 Å². The van der Waals surface area contributed by atoms with Crippen LogP contribution in [0.15, 0.2) is 24.4 Å². The average Bonchev–Trinajstić information content (AvgIpc) is 3.40. The molecule has 2 aromatic rings. The molecule has 2 fully saturated rings. The topological polar surface area (TPSA) is 75.0 Å². The van der Waals surface area contributed by atoms with Gasteiger partial charge in [-0.3, -0.25) is 4.79 Å². The van der Waals surface area contributed by atoms with E-state index in [1.54, 1.807) is 23.2 Å². The molecule has 36 heavy (non-hydrogen) atoms. The SMILES string of the molecule is CN(C(=O)c1cn(CC2CCCN2C(=O)OC(C)(C)C)c2cccc(Cl)c12)C1(O)CCC(F)(F)CC1. The van der Waals surface area contributed by atoms with Crippen LogP contribution >= 0.6 is 11.6 Å². The van der Waals surface area contributed by atoms with Gasteiger partial charge in [-0.25, -0.2) is 13.6 Å². The summed E-state index contributed by atoms with van der Waals surface area (Å²) in [6.07, 6.45) is 1.57. The van der Waals surface area contributed by atoms with E-state index in [-0.39, 0.29) is 30.5 Å². The third-order valence-corrected chi connectivity index (χ3v) is 7.52. The number of hydrogen-bond donors (Lipinski definition) is 1. The van der Waals surface area contributed by atoms with E-state index < -0.39 is 36.0 Å². The van der Waals surface area contributed by atoms with Gasteiger partial charge in [0.25, 0.3) is 5.91 Å². The maximum absolute atomic E-state index is 13.7. The standard InChI is InChI=1S/C26H34ClF2N3O4/c1-24(2,3)36-23(34)32-14-6-7-17(32)15-31-16-18(21-19(27)8-5-9-20(21)31)22(33)30(4)26(35)12-10-25(28,29)11-13-26/h5,8-9,16-17,35H,6-7,10-15H2,1-4H3. The summed E-state index contributed by atoms with van der Waals surface area (Å²) in [5.41, 5.74) is -1.26. The van der Waals surface area contributed by atoms with Crippen LogP contribution < -0.4 is 0 Å². The van der Waals surface area contributed by atoms with Crippen LogP contribution in [0.1, 0.15) is 69.7 Å². The Labute approximate surface area is 214 Å². The molecule has 1 atom stereocenters. The van der Waals surface area contributed by atoms with Crippen molar-refractivity contribution in [2.45, 2.75) is 89.1 Å². The number of ether oxygens (including phenoxy) is 1. The van der Waals surface area contributed by atoms with Gasteiger partial charge in [0, 0.05) is 57.4 Å². The van der Waals surface area contributed by atoms with Crippen molar-refractivity contribution in [2.75, 3.05) is 13.6 Å². The van der Waals surface area contributed by atoms with Gasteiger partial charge in [-0.15, -0.1) is 0 Å². The second-order valence-corrected chi connectivity index (χ2v) is 11.4. The van der Waals surface area contributed by atoms with E-state index >= 15 is 0 Å². The van der Waals surface area contributed by atoms with Gasteiger partial charge in [0.15, 0.2) is 0 Å². The quantitative estimate of drug-likeness (QED) is 0.522. The first-order chi connectivity index (χ1) is 16.7. The minimum atomic E-state index is -2.84. The van der Waals surface area contributed by atoms with Gasteiger partial charge in [0.05, 0.1) is 22.1 Å². The van der Waals surface area contributed by atoms with Crippen LogP contribution in [0.25, 0.3) is 10.9 Å². The fourth-order valence-electron chi connectivity index (χ4n) is 5.16. The second kappa shape index (κ2) is 9.49. The molecule has 0 spiro atoms. The van der Waals surface area contributed by atoms with Crippen molar-refractivity contribution in [2.24, 2.45) is 0 Å². The zero-order valence-corrected chi connectivity index (χ0v) is 21.9. The molecule has 1 saturated heterocycles. The minimum Gasteiger partial charge on any atom is -0.444 e. The number of benzene rings is 1. The lowest BCUT2D eigenvalue weighted by Crippen LogP contribution is -2.53. The average molecular weight is 526 g/mol. The Hall–Kier alpha value is -2.39. The highest BCUT2D eigenvalue weighted by molar-refractivity contribution is 6.36. The predicted molar refractivity (Wildman–Crippen MR) is 133 cm³/mol. The summed E-state index contributed by atoms with van der Waals surface area (Å²) in [5, 5.41) is 11.9. The molecule has 2 amide bonds. The van der Waals surface area contributed by atoms with Crippen molar-refractivity contribution < 1.29 is 28.2 Å². The predicted octanol–water partition coefficient (Wildman–Crippen LogP) is 5.66. The van der Waals surface area contributed by atoms with Crippen LogP contribution in [0.4, 0.5) is 13.6 Å². The van der Waals surface area contributed by atoms with Crippen LogP contribution in [0, 0.1) is 0 Å². The summed E-state index contributed by atoms with van der Waals surface area (Å²) in [7, 11) is 1.44. The first kappa shape index (κ1) is 26.7. The monoisotopic (exact) mass is 525 g/mol. The van der Waals surface area contributed by atoms with Crippen molar-refractivity contribution in [3.8, 4) is 0 Å². The van der Waals surface area contributed by atoms with Gasteiger partial charge in [0.1, 0.15) is 11.3 Å². The van der Waals surface area contributed by atoms with E-state index in [1.807, 2.05) is 31.4 Å². The Bertz CT molecular complexity index is 1150. The second-order valence-electron chi connectivity index (χ2n) is 11.0. The molecule has 1 aliphatic carbocycles. The van der Waals surface area contributed by atoms with Crippen LogP contribution in [0.2, 0.25) is 5.02 Å². The van der Waals surface area contributed by atoms with Crippen LogP contribution in [-0.2, 0) is 11.3 Å². The summed E-state index contributed by atoms with van der Waals surface area (Å²) in [4.78, 5) is 29.2. The van der Waals surface area contributed by atoms with Gasteiger partial charge < -0.3 is 24.2 Å². The summed E-state index contributed by atoms with van der Waals surface area (Å²) < 4.78 is 34.9. The number of carbonyl (C=O) groups excluding carboxylic acids is 2. The number of aromatic nitrogens is 1. The number of rotatable bonds is 4. The number of amides is 2. The molecular formula is C26H34ClF2N3O4. The Balaban J connectivity index is 1.63. The normalized spacial score (nSPS) is 21.6. The lowest BCUT2D eigenvalue weighted by Gasteiger charge is -2.42. The van der Waals surface area contributed by atoms with E-state index in [1.165, 1.54) is 7.05 Å². The number of hydrogen-bond acceptors (Lipinski definition) is 4. The van der Waals surface area contributed by atoms with Gasteiger partial charge in [-0.05, 0) is 45.7 Å². The molecule has 10 heteroatoms. The van der Waals surface area contributed by atoms with E-state index in [2.05, 4.69) is 0 Å². The fraction of sp³-hybridized carbons (Fsp3) is 0.615. The van der Waals surface area contributed by atoms with Crippen LogP contribution in [0.3, 0.4) is 0 Å². The Morgan fingerprint density at radius 3 is 2.53 bits per heavy atom. The van der Waals surface area contributed by atoms with E-state index in [0.29, 0.717) is 23.5 Å². The fourth-order valence-corrected chi connectivity index (χ4v) is 5.43. The highest BCUT2D eigenvalue weighted by Gasteiger charge is 2.46. The Morgan fingerprint density at radius 1 is 1.22 bits per heavy atom. The molecule has 4 rings (SSSR count). The van der Waals surface area contributed by atoms with Crippen molar-refractivity contribution in [1.82, 2.24) is 14.4 Å². The maximum atomic E-state index is 13.7. The molecule has 1 unspecified atom stereocenters. The zero-order chi connectivity index (χ0) is 26.5. The minimum absolute atomic E-state index is 0.125. The molecule has 1 saturated carbocycles. The third kappa shape index (κ3) is 5.32. The largest absolute Gasteiger partial charge is 0.444 e. The molecule has 1 aromatic carbocycles. The summed E-state index contributed by atoms with van der Waals surface area (Å²) >= 11 is 6.52. The molecule has 2 aliphatic rings. The van der Waals surface area contributed by atoms with Gasteiger partial charge in [-0.2, -0.15) is 0 Å². The van der Waals surface area contributed by atoms with E-state index in [0.717, 1.165) is 23.3 Å². The van der Waals surface area contributed by atoms with Crippen LogP contribution in [0.5, 0.6) is 0 Å². The zero-order valence-electron chi connectivity index (χ0n) is 21.2. The molecular weight excluding hydrogens is 492 g/mol. The summed E-state index contributed by atoms with van der Waals surface area (Å²) in [6.45, 7) is 6.50. The molecule has 0 bridgehead atoms. The van der Waals surface area contributed by atoms with Crippen molar-refractivity contribution in [3.05, 3.63) is 35.0 Å². The van der Waals surface area contributed by atoms with Crippen molar-refractivity contribution >= 4 is 34.5 Å². The van der Waals surface area contributed by atoms with Crippen LogP contribution in [-0.4, -0.2) is 68.4 Å². The van der Waals surface area contributed by atoms with Gasteiger partial charge >= 0.3 is 6.09 Å². The molecule has 0 radical (unpaired) electrons. The number of likely N-dealkylation sites (tertiary alicyclic amines) is 1. The number of nitrogens with zero attached hydrogens (tertiary/aromatic N) is 3. The third-order valence-electron chi connectivity index (χ3n) is 7.21. The smallest absolute Gasteiger partial charge is 0.410 e.